The van der Waals surface area contributed by atoms with Crippen LogP contribution in [-0.2, 0) is 21.6 Å². The van der Waals surface area contributed by atoms with Crippen molar-refractivity contribution in [3.63, 3.8) is 0 Å². The van der Waals surface area contributed by atoms with Gasteiger partial charge >= 0.3 is 7.80 Å². The van der Waals surface area contributed by atoms with E-state index in [1.165, 1.54) is 16.2 Å². The van der Waals surface area contributed by atoms with Gasteiger partial charge in [0.15, 0.2) is 5.16 Å². The van der Waals surface area contributed by atoms with Crippen molar-refractivity contribution in [1.82, 2.24) is 0 Å². The van der Waals surface area contributed by atoms with E-state index in [-0.39, 0.29) is 22.2 Å². The average molecular weight is 501 g/mol. The van der Waals surface area contributed by atoms with E-state index in [0.717, 1.165) is 5.30 Å². The van der Waals surface area contributed by atoms with Crippen LogP contribution in [0.15, 0.2) is 109 Å². The summed E-state index contributed by atoms with van der Waals surface area (Å²) in [5.74, 6) is 0. The summed E-state index contributed by atoms with van der Waals surface area (Å²) in [6.07, 6.45) is 0. The van der Waals surface area contributed by atoms with Crippen molar-refractivity contribution in [3.8, 4) is 0 Å². The summed E-state index contributed by atoms with van der Waals surface area (Å²) in [6.45, 7) is 8.47. The summed E-state index contributed by atoms with van der Waals surface area (Å²) in [5.41, 5.74) is 1.54. The fourth-order valence-electron chi connectivity index (χ4n) is 3.56. The Bertz CT molecular complexity index is 991. The van der Waals surface area contributed by atoms with Gasteiger partial charge < -0.3 is 30.3 Å². The summed E-state index contributed by atoms with van der Waals surface area (Å²) in [7, 11) is -2.00. The molecule has 4 aromatic carbocycles. The largest absolute Gasteiger partial charge is 0.748 e. The van der Waals surface area contributed by atoms with Gasteiger partial charge in [-0.2, -0.15) is 12.1 Å². The number of benzene rings is 2. The third kappa shape index (κ3) is 6.84. The Labute approximate surface area is 206 Å². The van der Waals surface area contributed by atoms with Gasteiger partial charge in [0.25, 0.3) is 0 Å². The molecule has 32 heavy (non-hydrogen) atoms. The fourth-order valence-corrected chi connectivity index (χ4v) is 7.79. The first-order valence-electron chi connectivity index (χ1n) is 10.7. The van der Waals surface area contributed by atoms with Crippen molar-refractivity contribution < 1.29 is 21.6 Å². The van der Waals surface area contributed by atoms with Gasteiger partial charge in [0.05, 0.1) is 5.30 Å². The molecule has 172 valence electrons. The molecule has 4 rings (SSSR count). The molecule has 0 aliphatic carbocycles. The minimum absolute atomic E-state index is 0. The summed E-state index contributed by atoms with van der Waals surface area (Å²) < 4.78 is 13.1. The summed E-state index contributed by atoms with van der Waals surface area (Å²) >= 11 is 0. The molecular formula is C28H31FeOP2-5. The molecule has 4 heteroatoms. The maximum Gasteiger partial charge on any atom is 0.355 e. The van der Waals surface area contributed by atoms with E-state index >= 15 is 0 Å². The van der Waals surface area contributed by atoms with Gasteiger partial charge in [0, 0.05) is 17.1 Å². The first-order chi connectivity index (χ1) is 14.9. The average Bonchev–Trinajstić information content (AvgIpc) is 3.49. The number of hydrogen-bond acceptors (Lipinski definition) is 1. The molecule has 1 nitrogen and oxygen atoms in total. The van der Waals surface area contributed by atoms with E-state index in [4.69, 9.17) is 0 Å². The molecule has 1 unspecified atom stereocenters. The molecule has 0 fully saturated rings. The molecule has 0 saturated carbocycles. The third-order valence-electron chi connectivity index (χ3n) is 5.12. The van der Waals surface area contributed by atoms with Gasteiger partial charge in [-0.25, -0.2) is 6.07 Å². The topological polar surface area (TPSA) is 17.1 Å². The van der Waals surface area contributed by atoms with E-state index in [1.54, 1.807) is 0 Å². The van der Waals surface area contributed by atoms with Gasteiger partial charge in [0.1, 0.15) is 0 Å². The third-order valence-corrected chi connectivity index (χ3v) is 9.94. The molecule has 0 aromatic heterocycles. The standard InChI is InChI=1S/C23H26OP2.C5H5.Fe/c1-18(21-16-11-17-22(21)26(24)23(2,3)4)25(19-12-7-5-8-13-19)20-14-9-6-10-15-20;1-2-4-5-3-1;/h5-18H,1-4H3;1-5H;/q;-5;/t18-;;/m0../s1. The van der Waals surface area contributed by atoms with Crippen molar-refractivity contribution in [3.05, 3.63) is 115 Å². The van der Waals surface area contributed by atoms with E-state index in [9.17, 15) is 4.57 Å². The molecule has 0 amide bonds. The Balaban J connectivity index is 0.000000534. The van der Waals surface area contributed by atoms with Gasteiger partial charge in [-0.1, -0.05) is 77.7 Å². The van der Waals surface area contributed by atoms with E-state index < -0.39 is 15.7 Å². The van der Waals surface area contributed by atoms with Crippen molar-refractivity contribution in [1.29, 1.82) is 0 Å². The summed E-state index contributed by atoms with van der Waals surface area (Å²) in [4.78, 5) is 0. The fraction of sp³-hybridized carbons (Fsp3) is 0.214. The Morgan fingerprint density at radius 3 is 1.62 bits per heavy atom. The van der Waals surface area contributed by atoms with Crippen LogP contribution >= 0.6 is 15.7 Å². The Kier molecular flexibility index (Phi) is 10.3. The maximum atomic E-state index is 13.1. The van der Waals surface area contributed by atoms with E-state index in [2.05, 4.69) is 107 Å². The Morgan fingerprint density at radius 1 is 0.781 bits per heavy atom. The van der Waals surface area contributed by atoms with Crippen LogP contribution in [0.25, 0.3) is 0 Å². The zero-order valence-corrected chi connectivity index (χ0v) is 22.0. The molecule has 0 N–H and O–H groups in total. The van der Waals surface area contributed by atoms with Crippen LogP contribution in [-0.4, -0.2) is 5.16 Å². The molecule has 0 aliphatic rings. The molecule has 0 bridgehead atoms. The van der Waals surface area contributed by atoms with Crippen LogP contribution in [0.3, 0.4) is 0 Å². The van der Waals surface area contributed by atoms with Crippen LogP contribution < -0.4 is 15.9 Å². The first kappa shape index (κ1) is 26.4. The van der Waals surface area contributed by atoms with Gasteiger partial charge in [0.2, 0.25) is 0 Å². The zero-order chi connectivity index (χ0) is 22.3. The van der Waals surface area contributed by atoms with Gasteiger partial charge in [-0.3, -0.25) is 0 Å². The van der Waals surface area contributed by atoms with Crippen LogP contribution in [0, 0.1) is 0 Å². The quantitative estimate of drug-likeness (QED) is 0.160. The first-order valence-corrected chi connectivity index (χ1v) is 13.4. The maximum absolute atomic E-state index is 13.1. The van der Waals surface area contributed by atoms with Crippen LogP contribution in [0.1, 0.15) is 38.9 Å². The molecule has 0 heterocycles. The summed E-state index contributed by atoms with van der Waals surface area (Å²) in [6, 6.07) is 37.8. The number of rotatable bonds is 5. The molecule has 4 aromatic rings. The summed E-state index contributed by atoms with van der Waals surface area (Å²) in [5, 5.41) is 3.53. The molecule has 0 saturated heterocycles. The van der Waals surface area contributed by atoms with Crippen molar-refractivity contribution >= 4 is 31.6 Å². The van der Waals surface area contributed by atoms with Crippen molar-refractivity contribution in [2.75, 3.05) is 0 Å². The second kappa shape index (κ2) is 12.4. The Hall–Kier alpha value is -1.81. The predicted octanol–water partition coefficient (Wildman–Crippen LogP) is 7.25. The molecule has 0 radical (unpaired) electrons. The van der Waals surface area contributed by atoms with Crippen molar-refractivity contribution in [2.24, 2.45) is 0 Å². The van der Waals surface area contributed by atoms with Crippen molar-refractivity contribution in [2.45, 2.75) is 38.5 Å². The van der Waals surface area contributed by atoms with E-state index in [1.807, 2.05) is 30.3 Å². The van der Waals surface area contributed by atoms with Crippen LogP contribution in [0.4, 0.5) is 0 Å². The zero-order valence-electron chi connectivity index (χ0n) is 19.1. The molecule has 2 atom stereocenters. The SMILES string of the molecule is C[C@@H]([c-]1cccc1[P+](=O)C(C)(C)C)P(c1ccccc1)c1ccccc1.[Fe].[cH-]1[cH-][cH-][cH-][cH-]1. The minimum Gasteiger partial charge on any atom is -0.748 e. The van der Waals surface area contributed by atoms with Gasteiger partial charge in [-0.05, 0) is 45.0 Å². The van der Waals surface area contributed by atoms with E-state index in [0.29, 0.717) is 5.66 Å². The normalized spacial score (nSPS) is 12.3. The Morgan fingerprint density at radius 2 is 1.22 bits per heavy atom. The smallest absolute Gasteiger partial charge is 0.355 e. The molecule has 0 spiro atoms. The monoisotopic (exact) mass is 501 g/mol. The van der Waals surface area contributed by atoms with Gasteiger partial charge in [-0.15, -0.1) is 0 Å². The number of hydrogen-bond donors (Lipinski definition) is 0. The van der Waals surface area contributed by atoms with Crippen LogP contribution in [0.5, 0.6) is 0 Å². The molecular weight excluding hydrogens is 470 g/mol. The second-order valence-corrected chi connectivity index (χ2v) is 13.5. The predicted molar refractivity (Wildman–Crippen MR) is 139 cm³/mol. The second-order valence-electron chi connectivity index (χ2n) is 8.51. The molecule has 0 aliphatic heterocycles. The minimum atomic E-state index is -1.44. The van der Waals surface area contributed by atoms with Crippen LogP contribution in [0.2, 0.25) is 0 Å².